The lowest BCUT2D eigenvalue weighted by molar-refractivity contribution is -0.129. The van der Waals surface area contributed by atoms with E-state index in [1.807, 2.05) is 30.3 Å². The molecular weight excluding hydrogens is 197 g/mol. The molecule has 1 heterocycles. The first-order valence-corrected chi connectivity index (χ1v) is 4.87. The summed E-state index contributed by atoms with van der Waals surface area (Å²) in [5, 5.41) is 0. The summed E-state index contributed by atoms with van der Waals surface area (Å²) in [7, 11) is 0. The Bertz CT molecular complexity index is 342. The summed E-state index contributed by atoms with van der Waals surface area (Å²) in [6, 6.07) is 9.34. The minimum absolute atomic E-state index is 0.154. The van der Waals surface area contributed by atoms with Crippen molar-refractivity contribution in [2.24, 2.45) is 0 Å². The molecule has 1 atom stereocenters. The van der Waals surface area contributed by atoms with Crippen LogP contribution in [0.1, 0.15) is 6.42 Å². The predicted molar refractivity (Wildman–Crippen MR) is 54.3 cm³/mol. The number of hydrogen-bond acceptors (Lipinski definition) is 2. The maximum Gasteiger partial charge on any atom is 0.256 e. The topological polar surface area (TPSA) is 29.5 Å². The third-order valence-electron chi connectivity index (χ3n) is 2.49. The van der Waals surface area contributed by atoms with Gasteiger partial charge in [0.1, 0.15) is 6.10 Å². The zero-order valence-corrected chi connectivity index (χ0v) is 8.23. The van der Waals surface area contributed by atoms with Gasteiger partial charge in [0.05, 0.1) is 0 Å². The van der Waals surface area contributed by atoms with E-state index in [1.165, 1.54) is 0 Å². The molecule has 1 aliphatic rings. The summed E-state index contributed by atoms with van der Waals surface area (Å²) in [4.78, 5) is 13.4. The van der Waals surface area contributed by atoms with E-state index in [2.05, 4.69) is 0 Å². The van der Waals surface area contributed by atoms with Gasteiger partial charge < -0.3 is 9.64 Å². The molecule has 0 aromatic heterocycles. The van der Waals surface area contributed by atoms with Gasteiger partial charge in [-0.2, -0.15) is 0 Å². The first-order valence-electron chi connectivity index (χ1n) is 4.87. The molecule has 0 radical (unpaired) electrons. The lowest BCUT2D eigenvalue weighted by Gasteiger charge is -2.16. The summed E-state index contributed by atoms with van der Waals surface area (Å²) in [5.74, 6) is -0.154. The van der Waals surface area contributed by atoms with Crippen LogP contribution >= 0.6 is 0 Å². The SMILES string of the molecule is O=C1C(OCF)CCN1c1ccccc1. The third kappa shape index (κ3) is 1.99. The first-order chi connectivity index (χ1) is 7.33. The minimum Gasteiger partial charge on any atom is -0.337 e. The van der Waals surface area contributed by atoms with Crippen molar-refractivity contribution in [1.29, 1.82) is 0 Å². The molecule has 15 heavy (non-hydrogen) atoms. The van der Waals surface area contributed by atoms with Crippen LogP contribution in [0.25, 0.3) is 0 Å². The fraction of sp³-hybridized carbons (Fsp3) is 0.364. The summed E-state index contributed by atoms with van der Waals surface area (Å²) < 4.78 is 16.7. The maximum atomic E-state index is 12.0. The van der Waals surface area contributed by atoms with E-state index in [0.29, 0.717) is 13.0 Å². The number of para-hydroxylation sites is 1. The zero-order valence-electron chi connectivity index (χ0n) is 8.23. The molecular formula is C11H12FNO2. The van der Waals surface area contributed by atoms with Crippen LogP contribution in [0.4, 0.5) is 10.1 Å². The van der Waals surface area contributed by atoms with Crippen LogP contribution < -0.4 is 4.90 Å². The van der Waals surface area contributed by atoms with Crippen molar-refractivity contribution in [2.45, 2.75) is 12.5 Å². The zero-order chi connectivity index (χ0) is 10.7. The number of carbonyl (C=O) groups excluding carboxylic acids is 1. The summed E-state index contributed by atoms with van der Waals surface area (Å²) in [6.45, 7) is -0.313. The lowest BCUT2D eigenvalue weighted by Crippen LogP contribution is -2.30. The molecule has 0 saturated carbocycles. The van der Waals surface area contributed by atoms with E-state index in [0.717, 1.165) is 5.69 Å². The molecule has 0 N–H and O–H groups in total. The highest BCUT2D eigenvalue weighted by atomic mass is 19.1. The molecule has 0 aliphatic carbocycles. The van der Waals surface area contributed by atoms with E-state index in [1.54, 1.807) is 4.90 Å². The monoisotopic (exact) mass is 209 g/mol. The Balaban J connectivity index is 2.11. The van der Waals surface area contributed by atoms with Crippen LogP contribution in [0.15, 0.2) is 30.3 Å². The van der Waals surface area contributed by atoms with Gasteiger partial charge in [-0.25, -0.2) is 4.39 Å². The Morgan fingerprint density at radius 2 is 2.13 bits per heavy atom. The second-order valence-electron chi connectivity index (χ2n) is 3.38. The Morgan fingerprint density at radius 3 is 2.80 bits per heavy atom. The van der Waals surface area contributed by atoms with Gasteiger partial charge in [0.25, 0.3) is 5.91 Å². The molecule has 1 aliphatic heterocycles. The molecule has 1 unspecified atom stereocenters. The van der Waals surface area contributed by atoms with E-state index in [4.69, 9.17) is 4.74 Å². The average Bonchev–Trinajstić information content (AvgIpc) is 2.63. The number of carbonyl (C=O) groups is 1. The molecule has 80 valence electrons. The largest absolute Gasteiger partial charge is 0.337 e. The summed E-state index contributed by atoms with van der Waals surface area (Å²) in [5.41, 5.74) is 0.840. The Kier molecular flexibility index (Phi) is 2.97. The Hall–Kier alpha value is -1.42. The molecule has 1 aromatic carbocycles. The molecule has 1 amide bonds. The van der Waals surface area contributed by atoms with E-state index < -0.39 is 13.0 Å². The van der Waals surface area contributed by atoms with Crippen LogP contribution in [0.2, 0.25) is 0 Å². The summed E-state index contributed by atoms with van der Waals surface area (Å²) >= 11 is 0. The lowest BCUT2D eigenvalue weighted by atomic mass is 10.3. The van der Waals surface area contributed by atoms with E-state index in [9.17, 15) is 9.18 Å². The second-order valence-corrected chi connectivity index (χ2v) is 3.38. The molecule has 0 spiro atoms. The van der Waals surface area contributed by atoms with Crippen LogP contribution in [0.5, 0.6) is 0 Å². The highest BCUT2D eigenvalue weighted by Gasteiger charge is 2.33. The van der Waals surface area contributed by atoms with Gasteiger partial charge in [-0.15, -0.1) is 0 Å². The molecule has 3 nitrogen and oxygen atoms in total. The average molecular weight is 209 g/mol. The fourth-order valence-corrected chi connectivity index (χ4v) is 1.75. The number of amides is 1. The van der Waals surface area contributed by atoms with Gasteiger partial charge in [-0.05, 0) is 12.1 Å². The van der Waals surface area contributed by atoms with Crippen molar-refractivity contribution in [1.82, 2.24) is 0 Å². The number of rotatable bonds is 3. The molecule has 4 heteroatoms. The quantitative estimate of drug-likeness (QED) is 0.758. The predicted octanol–water partition coefficient (Wildman–Crippen LogP) is 1.74. The van der Waals surface area contributed by atoms with Crippen molar-refractivity contribution >= 4 is 11.6 Å². The fourth-order valence-electron chi connectivity index (χ4n) is 1.75. The number of benzene rings is 1. The Labute approximate surface area is 87.5 Å². The third-order valence-corrected chi connectivity index (χ3v) is 2.49. The van der Waals surface area contributed by atoms with Gasteiger partial charge in [0.2, 0.25) is 0 Å². The summed E-state index contributed by atoms with van der Waals surface area (Å²) in [6.07, 6.45) is -0.0623. The van der Waals surface area contributed by atoms with Gasteiger partial charge in [-0.3, -0.25) is 4.79 Å². The number of halogens is 1. The molecule has 2 rings (SSSR count). The molecule has 1 aromatic rings. The van der Waals surface area contributed by atoms with Crippen LogP contribution in [0, 0.1) is 0 Å². The number of hydrogen-bond donors (Lipinski definition) is 0. The van der Waals surface area contributed by atoms with Crippen LogP contribution in [0.3, 0.4) is 0 Å². The van der Waals surface area contributed by atoms with Crippen molar-refractivity contribution < 1.29 is 13.9 Å². The molecule has 1 saturated heterocycles. The number of anilines is 1. The van der Waals surface area contributed by atoms with Crippen molar-refractivity contribution in [2.75, 3.05) is 18.3 Å². The van der Waals surface area contributed by atoms with E-state index in [-0.39, 0.29) is 5.91 Å². The molecule has 0 bridgehead atoms. The standard InChI is InChI=1S/C11H12FNO2/c12-8-15-10-6-7-13(11(10)14)9-4-2-1-3-5-9/h1-5,10H,6-8H2. The molecule has 1 fully saturated rings. The first kappa shape index (κ1) is 10.1. The number of nitrogens with zero attached hydrogens (tertiary/aromatic N) is 1. The van der Waals surface area contributed by atoms with E-state index >= 15 is 0 Å². The van der Waals surface area contributed by atoms with Crippen molar-refractivity contribution in [3.63, 3.8) is 0 Å². The van der Waals surface area contributed by atoms with Gasteiger partial charge in [0, 0.05) is 18.7 Å². The highest BCUT2D eigenvalue weighted by Crippen LogP contribution is 2.22. The highest BCUT2D eigenvalue weighted by molar-refractivity contribution is 5.98. The second kappa shape index (κ2) is 4.40. The smallest absolute Gasteiger partial charge is 0.256 e. The minimum atomic E-state index is -0.904. The van der Waals surface area contributed by atoms with Gasteiger partial charge >= 0.3 is 0 Å². The number of ether oxygens (including phenoxy) is 1. The van der Waals surface area contributed by atoms with Crippen LogP contribution in [-0.4, -0.2) is 25.4 Å². The Morgan fingerprint density at radius 1 is 1.40 bits per heavy atom. The number of alkyl halides is 1. The van der Waals surface area contributed by atoms with Crippen LogP contribution in [-0.2, 0) is 9.53 Å². The van der Waals surface area contributed by atoms with Crippen molar-refractivity contribution in [3.8, 4) is 0 Å². The van der Waals surface area contributed by atoms with Gasteiger partial charge in [0.15, 0.2) is 6.86 Å². The normalized spacial score (nSPS) is 21.0. The maximum absolute atomic E-state index is 12.0. The van der Waals surface area contributed by atoms with Crippen molar-refractivity contribution in [3.05, 3.63) is 30.3 Å². The van der Waals surface area contributed by atoms with Gasteiger partial charge in [-0.1, -0.05) is 18.2 Å².